The second-order valence-corrected chi connectivity index (χ2v) is 4.10. The lowest BCUT2D eigenvalue weighted by Gasteiger charge is -2.06. The Hall–Kier alpha value is -1.19. The molecule has 0 aliphatic carbocycles. The van der Waals surface area contributed by atoms with Crippen LogP contribution >= 0.6 is 23.2 Å². The molecular formula is C11H11Cl2NO2. The zero-order valence-corrected chi connectivity index (χ0v) is 10.4. The van der Waals surface area contributed by atoms with Gasteiger partial charge < -0.3 is 10.1 Å². The van der Waals surface area contributed by atoms with Crippen LogP contribution in [0.4, 0.5) is 4.79 Å². The van der Waals surface area contributed by atoms with Gasteiger partial charge in [-0.15, -0.1) is 0 Å². The number of hydrogen-bond donors (Lipinski definition) is 1. The molecule has 0 saturated carbocycles. The number of benzene rings is 1. The van der Waals surface area contributed by atoms with Crippen LogP contribution in [0.2, 0.25) is 0 Å². The predicted octanol–water partition coefficient (Wildman–Crippen LogP) is 3.49. The minimum absolute atomic E-state index is 0.153. The molecule has 0 spiro atoms. The van der Waals surface area contributed by atoms with E-state index in [0.29, 0.717) is 5.75 Å². The van der Waals surface area contributed by atoms with Crippen LogP contribution in [-0.2, 0) is 0 Å². The molecule has 86 valence electrons. The van der Waals surface area contributed by atoms with Crippen molar-refractivity contribution in [2.75, 3.05) is 7.05 Å². The zero-order chi connectivity index (χ0) is 12.1. The van der Waals surface area contributed by atoms with Gasteiger partial charge in [-0.2, -0.15) is 0 Å². The molecular weight excluding hydrogens is 249 g/mol. The summed E-state index contributed by atoms with van der Waals surface area (Å²) < 4.78 is 5.13. The SMILES string of the molecule is CNC(=O)Oc1ccc(C)c(C=C(Cl)Cl)c1. The number of carbonyl (C=O) groups is 1. The lowest BCUT2D eigenvalue weighted by atomic mass is 10.1. The lowest BCUT2D eigenvalue weighted by molar-refractivity contribution is 0.203. The smallest absolute Gasteiger partial charge is 0.410 e. The summed E-state index contributed by atoms with van der Waals surface area (Å²) in [5, 5.41) is 2.36. The highest BCUT2D eigenvalue weighted by molar-refractivity contribution is 6.57. The van der Waals surface area contributed by atoms with E-state index in [0.717, 1.165) is 11.1 Å². The van der Waals surface area contributed by atoms with Crippen LogP contribution in [0.5, 0.6) is 5.75 Å². The van der Waals surface area contributed by atoms with Crippen molar-refractivity contribution in [3.63, 3.8) is 0 Å². The summed E-state index contributed by atoms with van der Waals surface area (Å²) in [6.45, 7) is 1.91. The highest BCUT2D eigenvalue weighted by Gasteiger charge is 2.03. The number of aryl methyl sites for hydroxylation is 1. The fraction of sp³-hybridized carbons (Fsp3) is 0.182. The van der Waals surface area contributed by atoms with Crippen molar-refractivity contribution < 1.29 is 9.53 Å². The highest BCUT2D eigenvalue weighted by Crippen LogP contribution is 2.22. The van der Waals surface area contributed by atoms with Gasteiger partial charge >= 0.3 is 6.09 Å². The van der Waals surface area contributed by atoms with Crippen LogP contribution in [0.3, 0.4) is 0 Å². The Balaban J connectivity index is 2.98. The maximum atomic E-state index is 11.0. The molecule has 5 heteroatoms. The number of hydrogen-bond acceptors (Lipinski definition) is 2. The van der Waals surface area contributed by atoms with E-state index < -0.39 is 6.09 Å². The van der Waals surface area contributed by atoms with Crippen LogP contribution < -0.4 is 10.1 Å². The zero-order valence-electron chi connectivity index (χ0n) is 8.88. The topological polar surface area (TPSA) is 38.3 Å². The largest absolute Gasteiger partial charge is 0.412 e. The fourth-order valence-electron chi connectivity index (χ4n) is 1.11. The van der Waals surface area contributed by atoms with E-state index in [-0.39, 0.29) is 4.49 Å². The summed E-state index contributed by atoms with van der Waals surface area (Å²) in [5.74, 6) is 0.436. The van der Waals surface area contributed by atoms with Gasteiger partial charge in [-0.25, -0.2) is 4.79 Å². The van der Waals surface area contributed by atoms with Crippen LogP contribution in [-0.4, -0.2) is 13.1 Å². The van der Waals surface area contributed by atoms with E-state index >= 15 is 0 Å². The van der Waals surface area contributed by atoms with Crippen LogP contribution in [0, 0.1) is 6.92 Å². The summed E-state index contributed by atoms with van der Waals surface area (Å²) in [4.78, 5) is 11.0. The molecule has 0 atom stereocenters. The average molecular weight is 260 g/mol. The third-order valence-electron chi connectivity index (χ3n) is 1.93. The van der Waals surface area contributed by atoms with Gasteiger partial charge in [0.1, 0.15) is 10.2 Å². The number of ether oxygens (including phenoxy) is 1. The van der Waals surface area contributed by atoms with Crippen molar-refractivity contribution in [3.05, 3.63) is 33.8 Å². The van der Waals surface area contributed by atoms with Crippen molar-refractivity contribution in [2.24, 2.45) is 0 Å². The quantitative estimate of drug-likeness (QED) is 0.883. The molecule has 1 N–H and O–H groups in total. The van der Waals surface area contributed by atoms with E-state index in [9.17, 15) is 4.79 Å². The normalized spacial score (nSPS) is 9.50. The van der Waals surface area contributed by atoms with Crippen LogP contribution in [0.1, 0.15) is 11.1 Å². The van der Waals surface area contributed by atoms with E-state index in [1.807, 2.05) is 13.0 Å². The third kappa shape index (κ3) is 3.76. The second-order valence-electron chi connectivity index (χ2n) is 3.09. The summed E-state index contributed by atoms with van der Waals surface area (Å²) in [6, 6.07) is 5.21. The fourth-order valence-corrected chi connectivity index (χ4v) is 1.35. The Morgan fingerprint density at radius 2 is 2.12 bits per heavy atom. The number of nitrogens with one attached hydrogen (secondary N) is 1. The molecule has 0 aliphatic rings. The van der Waals surface area contributed by atoms with E-state index in [4.69, 9.17) is 27.9 Å². The standard InChI is InChI=1S/C11H11Cl2NO2/c1-7-3-4-9(16-11(15)14-2)5-8(7)6-10(12)13/h3-6H,1-2H3,(H,14,15). The lowest BCUT2D eigenvalue weighted by Crippen LogP contribution is -2.22. The molecule has 0 radical (unpaired) electrons. The first kappa shape index (κ1) is 12.9. The number of amides is 1. The third-order valence-corrected chi connectivity index (χ3v) is 2.15. The van der Waals surface area contributed by atoms with E-state index in [1.165, 1.54) is 7.05 Å². The summed E-state index contributed by atoms with van der Waals surface area (Å²) in [7, 11) is 1.49. The monoisotopic (exact) mass is 259 g/mol. The molecule has 0 aromatic heterocycles. The van der Waals surface area contributed by atoms with Gasteiger partial charge in [-0.1, -0.05) is 29.3 Å². The number of rotatable bonds is 2. The Morgan fingerprint density at radius 1 is 1.44 bits per heavy atom. The molecule has 0 heterocycles. The first-order valence-electron chi connectivity index (χ1n) is 4.56. The first-order chi connectivity index (χ1) is 7.52. The van der Waals surface area contributed by atoms with Gasteiger partial charge in [-0.3, -0.25) is 0 Å². The van der Waals surface area contributed by atoms with Crippen LogP contribution in [0.15, 0.2) is 22.7 Å². The molecule has 0 saturated heterocycles. The molecule has 16 heavy (non-hydrogen) atoms. The van der Waals surface area contributed by atoms with Gasteiger partial charge in [0.2, 0.25) is 0 Å². The van der Waals surface area contributed by atoms with Gasteiger partial charge in [-0.05, 0) is 36.3 Å². The van der Waals surface area contributed by atoms with Gasteiger partial charge in [0.05, 0.1) is 0 Å². The molecule has 0 unspecified atom stereocenters. The van der Waals surface area contributed by atoms with E-state index in [1.54, 1.807) is 18.2 Å². The average Bonchev–Trinajstić information content (AvgIpc) is 2.22. The van der Waals surface area contributed by atoms with Crippen molar-refractivity contribution >= 4 is 35.4 Å². The molecule has 1 aromatic rings. The van der Waals surface area contributed by atoms with E-state index in [2.05, 4.69) is 5.32 Å². The van der Waals surface area contributed by atoms with Crippen molar-refractivity contribution in [2.45, 2.75) is 6.92 Å². The number of halogens is 2. The second kappa shape index (κ2) is 5.77. The molecule has 1 amide bonds. The molecule has 1 rings (SSSR count). The summed E-state index contributed by atoms with van der Waals surface area (Å²) in [6.07, 6.45) is 1.07. The molecule has 3 nitrogen and oxygen atoms in total. The molecule has 0 bridgehead atoms. The maximum absolute atomic E-state index is 11.0. The summed E-state index contributed by atoms with van der Waals surface area (Å²) >= 11 is 11.2. The molecule has 0 aliphatic heterocycles. The molecule has 0 fully saturated rings. The Kier molecular flexibility index (Phi) is 4.65. The first-order valence-corrected chi connectivity index (χ1v) is 5.31. The van der Waals surface area contributed by atoms with Gasteiger partial charge in [0, 0.05) is 7.05 Å². The summed E-state index contributed by atoms with van der Waals surface area (Å²) in [5.41, 5.74) is 1.80. The van der Waals surface area contributed by atoms with Gasteiger partial charge in [0.15, 0.2) is 0 Å². The van der Waals surface area contributed by atoms with Crippen molar-refractivity contribution in [1.29, 1.82) is 0 Å². The minimum atomic E-state index is -0.518. The highest BCUT2D eigenvalue weighted by atomic mass is 35.5. The predicted molar refractivity (Wildman–Crippen MR) is 65.9 cm³/mol. The van der Waals surface area contributed by atoms with Crippen molar-refractivity contribution in [3.8, 4) is 5.75 Å². The van der Waals surface area contributed by atoms with Crippen LogP contribution in [0.25, 0.3) is 6.08 Å². The Labute approximate surface area is 104 Å². The van der Waals surface area contributed by atoms with Gasteiger partial charge in [0.25, 0.3) is 0 Å². The Morgan fingerprint density at radius 3 is 2.69 bits per heavy atom. The molecule has 1 aromatic carbocycles. The van der Waals surface area contributed by atoms with Crippen molar-refractivity contribution in [1.82, 2.24) is 5.32 Å². The minimum Gasteiger partial charge on any atom is -0.410 e. The maximum Gasteiger partial charge on any atom is 0.412 e. The number of carbonyl (C=O) groups excluding carboxylic acids is 1. The Bertz CT molecular complexity index is 426.